The fourth-order valence-corrected chi connectivity index (χ4v) is 2.38. The van der Waals surface area contributed by atoms with E-state index < -0.39 is 0 Å². The molecule has 1 aliphatic carbocycles. The summed E-state index contributed by atoms with van der Waals surface area (Å²) in [5.41, 5.74) is 6.71. The highest BCUT2D eigenvalue weighted by Gasteiger charge is 2.22. The van der Waals surface area contributed by atoms with Gasteiger partial charge in [-0.05, 0) is 37.3 Å². The number of aryl methyl sites for hydroxylation is 1. The van der Waals surface area contributed by atoms with Gasteiger partial charge in [-0.2, -0.15) is 0 Å². The minimum absolute atomic E-state index is 0.0712. The number of rotatable bonds is 4. The van der Waals surface area contributed by atoms with Crippen LogP contribution in [0.1, 0.15) is 31.2 Å². The van der Waals surface area contributed by atoms with Gasteiger partial charge in [0.2, 0.25) is 0 Å². The maximum atomic E-state index is 13.3. The first-order valence-electron chi connectivity index (χ1n) is 6.31. The van der Waals surface area contributed by atoms with Crippen LogP contribution in [-0.2, 0) is 0 Å². The van der Waals surface area contributed by atoms with Gasteiger partial charge in [0.1, 0.15) is 18.2 Å². The third-order valence-electron chi connectivity index (χ3n) is 3.59. The summed E-state index contributed by atoms with van der Waals surface area (Å²) in [6.07, 6.45) is 4.95. The minimum atomic E-state index is -0.225. The van der Waals surface area contributed by atoms with Crippen molar-refractivity contribution in [2.45, 2.75) is 38.6 Å². The molecule has 1 aromatic rings. The molecular formula is C14H20FNO. The second-order valence-corrected chi connectivity index (χ2v) is 4.93. The summed E-state index contributed by atoms with van der Waals surface area (Å²) < 4.78 is 18.8. The van der Waals surface area contributed by atoms with Crippen molar-refractivity contribution in [3.05, 3.63) is 29.6 Å². The predicted octanol–water partition coefficient (Wildman–Crippen LogP) is 3.03. The fraction of sp³-hybridized carbons (Fsp3) is 0.571. The van der Waals surface area contributed by atoms with Crippen LogP contribution in [0.3, 0.4) is 0 Å². The molecule has 2 N–H and O–H groups in total. The van der Waals surface area contributed by atoms with Gasteiger partial charge >= 0.3 is 0 Å². The van der Waals surface area contributed by atoms with E-state index in [9.17, 15) is 4.39 Å². The maximum absolute atomic E-state index is 13.3. The topological polar surface area (TPSA) is 35.2 Å². The molecule has 0 spiro atoms. The van der Waals surface area contributed by atoms with Crippen molar-refractivity contribution in [2.24, 2.45) is 11.7 Å². The van der Waals surface area contributed by atoms with Crippen molar-refractivity contribution >= 4 is 0 Å². The Kier molecular flexibility index (Phi) is 4.00. The quantitative estimate of drug-likeness (QED) is 0.873. The van der Waals surface area contributed by atoms with Crippen LogP contribution in [0.25, 0.3) is 0 Å². The summed E-state index contributed by atoms with van der Waals surface area (Å²) in [4.78, 5) is 0. The van der Waals surface area contributed by atoms with E-state index in [4.69, 9.17) is 10.5 Å². The van der Waals surface area contributed by atoms with Crippen LogP contribution in [0.15, 0.2) is 18.2 Å². The molecule has 1 saturated carbocycles. The Morgan fingerprint density at radius 3 is 2.76 bits per heavy atom. The maximum Gasteiger partial charge on any atom is 0.129 e. The summed E-state index contributed by atoms with van der Waals surface area (Å²) in [7, 11) is 0. The zero-order chi connectivity index (χ0) is 12.3. The van der Waals surface area contributed by atoms with Crippen molar-refractivity contribution in [3.63, 3.8) is 0 Å². The lowest BCUT2D eigenvalue weighted by Gasteiger charge is -2.19. The third kappa shape index (κ3) is 3.19. The molecule has 0 aromatic heterocycles. The van der Waals surface area contributed by atoms with Crippen LogP contribution in [-0.4, -0.2) is 12.6 Å². The van der Waals surface area contributed by atoms with Crippen LogP contribution >= 0.6 is 0 Å². The summed E-state index contributed by atoms with van der Waals surface area (Å²) in [6, 6.07) is 5.02. The highest BCUT2D eigenvalue weighted by Crippen LogP contribution is 2.27. The molecule has 1 atom stereocenters. The smallest absolute Gasteiger partial charge is 0.129 e. The van der Waals surface area contributed by atoms with Gasteiger partial charge in [0, 0.05) is 12.1 Å². The molecule has 0 saturated heterocycles. The lowest BCUT2D eigenvalue weighted by atomic mass is 10.00. The second-order valence-electron chi connectivity index (χ2n) is 4.93. The van der Waals surface area contributed by atoms with Crippen LogP contribution in [0.4, 0.5) is 4.39 Å². The van der Waals surface area contributed by atoms with Gasteiger partial charge in [-0.15, -0.1) is 0 Å². The van der Waals surface area contributed by atoms with E-state index in [0.29, 0.717) is 23.8 Å². The molecule has 2 rings (SSSR count). The SMILES string of the molecule is Cc1ccc(OCC(N)C2CCCC2)cc1F. The van der Waals surface area contributed by atoms with Gasteiger partial charge < -0.3 is 10.5 Å². The second kappa shape index (κ2) is 5.50. The van der Waals surface area contributed by atoms with Crippen LogP contribution < -0.4 is 10.5 Å². The first kappa shape index (κ1) is 12.4. The third-order valence-corrected chi connectivity index (χ3v) is 3.59. The van der Waals surface area contributed by atoms with E-state index in [1.54, 1.807) is 19.1 Å². The van der Waals surface area contributed by atoms with E-state index in [1.807, 2.05) is 0 Å². The van der Waals surface area contributed by atoms with Crippen LogP contribution in [0, 0.1) is 18.7 Å². The van der Waals surface area contributed by atoms with Gasteiger partial charge in [0.25, 0.3) is 0 Å². The van der Waals surface area contributed by atoms with Crippen molar-refractivity contribution in [2.75, 3.05) is 6.61 Å². The van der Waals surface area contributed by atoms with Crippen LogP contribution in [0.2, 0.25) is 0 Å². The number of ether oxygens (including phenoxy) is 1. The van der Waals surface area contributed by atoms with Crippen molar-refractivity contribution < 1.29 is 9.13 Å². The van der Waals surface area contributed by atoms with E-state index in [1.165, 1.54) is 31.7 Å². The summed E-state index contributed by atoms with van der Waals surface area (Å²) >= 11 is 0. The van der Waals surface area contributed by atoms with Crippen molar-refractivity contribution in [3.8, 4) is 5.75 Å². The molecule has 0 radical (unpaired) electrons. The summed E-state index contributed by atoms with van der Waals surface area (Å²) in [5, 5.41) is 0. The normalized spacial score (nSPS) is 18.3. The molecule has 1 aromatic carbocycles. The van der Waals surface area contributed by atoms with Gasteiger partial charge in [0.05, 0.1) is 0 Å². The monoisotopic (exact) mass is 237 g/mol. The molecule has 0 amide bonds. The first-order valence-corrected chi connectivity index (χ1v) is 6.31. The molecule has 94 valence electrons. The Bertz CT molecular complexity index is 374. The van der Waals surface area contributed by atoms with E-state index in [0.717, 1.165) is 0 Å². The lowest BCUT2D eigenvalue weighted by molar-refractivity contribution is 0.246. The van der Waals surface area contributed by atoms with E-state index in [-0.39, 0.29) is 11.9 Å². The molecule has 3 heteroatoms. The minimum Gasteiger partial charge on any atom is -0.492 e. The zero-order valence-corrected chi connectivity index (χ0v) is 10.3. The predicted molar refractivity (Wildman–Crippen MR) is 66.6 cm³/mol. The van der Waals surface area contributed by atoms with E-state index >= 15 is 0 Å². The molecule has 1 aliphatic rings. The molecule has 1 fully saturated rings. The highest BCUT2D eigenvalue weighted by molar-refractivity contribution is 5.28. The Labute approximate surface area is 102 Å². The van der Waals surface area contributed by atoms with Gasteiger partial charge in [0.15, 0.2) is 0 Å². The van der Waals surface area contributed by atoms with E-state index in [2.05, 4.69) is 0 Å². The number of hydrogen-bond acceptors (Lipinski definition) is 2. The molecule has 0 heterocycles. The average Bonchev–Trinajstić information content (AvgIpc) is 2.84. The molecule has 0 bridgehead atoms. The molecule has 2 nitrogen and oxygen atoms in total. The zero-order valence-electron chi connectivity index (χ0n) is 10.3. The summed E-state index contributed by atoms with van der Waals surface area (Å²) in [5.74, 6) is 0.920. The molecule has 1 unspecified atom stereocenters. The van der Waals surface area contributed by atoms with Crippen molar-refractivity contribution in [1.29, 1.82) is 0 Å². The van der Waals surface area contributed by atoms with Crippen LogP contribution in [0.5, 0.6) is 5.75 Å². The number of halogens is 1. The molecule has 17 heavy (non-hydrogen) atoms. The summed E-state index contributed by atoms with van der Waals surface area (Å²) in [6.45, 7) is 2.22. The highest BCUT2D eigenvalue weighted by atomic mass is 19.1. The van der Waals surface area contributed by atoms with Gasteiger partial charge in [-0.3, -0.25) is 0 Å². The Morgan fingerprint density at radius 2 is 2.12 bits per heavy atom. The Morgan fingerprint density at radius 1 is 1.41 bits per heavy atom. The van der Waals surface area contributed by atoms with Gasteiger partial charge in [-0.25, -0.2) is 4.39 Å². The lowest BCUT2D eigenvalue weighted by Crippen LogP contribution is -2.34. The Hall–Kier alpha value is -1.09. The first-order chi connectivity index (χ1) is 8.16. The largest absolute Gasteiger partial charge is 0.492 e. The number of benzene rings is 1. The van der Waals surface area contributed by atoms with Gasteiger partial charge in [-0.1, -0.05) is 18.9 Å². The average molecular weight is 237 g/mol. The van der Waals surface area contributed by atoms with Crippen molar-refractivity contribution in [1.82, 2.24) is 0 Å². The fourth-order valence-electron chi connectivity index (χ4n) is 2.38. The molecule has 0 aliphatic heterocycles. The Balaban J connectivity index is 1.86. The number of hydrogen-bond donors (Lipinski definition) is 1. The standard InChI is InChI=1S/C14H20FNO/c1-10-6-7-12(8-13(10)15)17-9-14(16)11-4-2-3-5-11/h6-8,11,14H,2-5,9,16H2,1H3. The molecular weight excluding hydrogens is 217 g/mol. The number of nitrogens with two attached hydrogens (primary N) is 1.